The Balaban J connectivity index is 0.796. The minimum absolute atomic E-state index is 0.00102. The summed E-state index contributed by atoms with van der Waals surface area (Å²) >= 11 is 0. The molecule has 4 aliphatic carbocycles. The van der Waals surface area contributed by atoms with E-state index >= 15 is 4.79 Å². The van der Waals surface area contributed by atoms with E-state index in [2.05, 4.69) is 26.6 Å². The largest absolute Gasteiger partial charge is 0.464 e. The van der Waals surface area contributed by atoms with Crippen LogP contribution in [0.15, 0.2) is 140 Å². The molecule has 87 heavy (non-hydrogen) atoms. The third kappa shape index (κ3) is 15.5. The Hall–Kier alpha value is -8.26. The van der Waals surface area contributed by atoms with Crippen LogP contribution in [0.4, 0.5) is 5.69 Å². The molecular weight excluding hydrogens is 1110 g/mol. The van der Waals surface area contributed by atoms with Crippen LogP contribution in [0.2, 0.25) is 0 Å². The number of rotatable bonds is 28. The van der Waals surface area contributed by atoms with Crippen LogP contribution in [-0.4, -0.2) is 154 Å². The van der Waals surface area contributed by atoms with E-state index in [0.29, 0.717) is 6.61 Å². The second kappa shape index (κ2) is 28.1. The predicted molar refractivity (Wildman–Crippen MR) is 322 cm³/mol. The van der Waals surface area contributed by atoms with Gasteiger partial charge in [-0.15, -0.1) is 0 Å². The number of esters is 1. The SMILES string of the molecule is CCCCOC(=O)COCCOCCOCC(=O)Nc1cc(C(=O)N2C[C@@H](C(=O)N[C@H]3C[C@@H]3c3ccccc3)[C@H](C(=O)N[C@H]3C[C@@H]3c3ccccc3)C2)ccc1C(=O)N1C[C@@H](C(=O)N[C@H]2C[C@@H]2c2ccccc2)[C@H](C(=O)N[C@H]2C[C@@H]2c2ccccc2)C1. The smallest absolute Gasteiger partial charge is 0.332 e. The number of anilines is 1. The summed E-state index contributed by atoms with van der Waals surface area (Å²) in [7, 11) is 0. The molecular formula is C68H77N7O12. The molecule has 11 rings (SSSR count). The molecule has 19 nitrogen and oxygen atoms in total. The summed E-state index contributed by atoms with van der Waals surface area (Å²) in [5, 5.41) is 15.5. The number of nitrogens with one attached hydrogen (secondary N) is 5. The van der Waals surface area contributed by atoms with Crippen LogP contribution >= 0.6 is 0 Å². The predicted octanol–water partition coefficient (Wildman–Crippen LogP) is 6.08. The number of likely N-dealkylation sites (tertiary alicyclic amines) is 2. The number of amides is 7. The van der Waals surface area contributed by atoms with Crippen LogP contribution in [0.1, 0.15) is 112 Å². The second-order valence-corrected chi connectivity index (χ2v) is 23.9. The zero-order valence-corrected chi connectivity index (χ0v) is 49.0. The Labute approximate surface area is 507 Å². The van der Waals surface area contributed by atoms with Gasteiger partial charge < -0.3 is 55.3 Å². The van der Waals surface area contributed by atoms with Gasteiger partial charge in [-0.05, 0) is 72.6 Å². The van der Waals surface area contributed by atoms with Crippen molar-refractivity contribution in [2.45, 2.75) is 93.3 Å². The maximum atomic E-state index is 15.1. The quantitative estimate of drug-likeness (QED) is 0.0283. The molecule has 2 heterocycles. The first-order valence-corrected chi connectivity index (χ1v) is 30.7. The normalized spacial score (nSPS) is 25.6. The van der Waals surface area contributed by atoms with Crippen molar-refractivity contribution in [1.82, 2.24) is 31.1 Å². The summed E-state index contributed by atoms with van der Waals surface area (Å²) in [6.07, 6.45) is 4.66. The first kappa shape index (κ1) is 60.4. The van der Waals surface area contributed by atoms with Crippen molar-refractivity contribution >= 4 is 53.0 Å². The summed E-state index contributed by atoms with van der Waals surface area (Å²) in [4.78, 5) is 116. The molecule has 0 unspecified atom stereocenters. The van der Waals surface area contributed by atoms with Crippen molar-refractivity contribution in [2.24, 2.45) is 23.7 Å². The Morgan fingerprint density at radius 3 is 1.20 bits per heavy atom. The molecule has 2 saturated heterocycles. The number of carbonyl (C=O) groups excluding carboxylic acids is 8. The van der Waals surface area contributed by atoms with Gasteiger partial charge in [-0.25, -0.2) is 4.79 Å². The Kier molecular flexibility index (Phi) is 19.5. The molecule has 0 radical (unpaired) electrons. The molecule has 7 amide bonds. The van der Waals surface area contributed by atoms with E-state index in [1.807, 2.05) is 128 Å². The minimum atomic E-state index is -0.897. The maximum Gasteiger partial charge on any atom is 0.332 e. The van der Waals surface area contributed by atoms with Gasteiger partial charge >= 0.3 is 5.97 Å². The maximum absolute atomic E-state index is 15.1. The number of unbranched alkanes of at least 4 members (excludes halogenated alkanes) is 1. The minimum Gasteiger partial charge on any atom is -0.464 e. The van der Waals surface area contributed by atoms with Gasteiger partial charge in [0.2, 0.25) is 29.5 Å². The number of benzene rings is 5. The van der Waals surface area contributed by atoms with Gasteiger partial charge in [0.05, 0.1) is 68.0 Å². The highest BCUT2D eigenvalue weighted by Gasteiger charge is 2.51. The molecule has 2 aliphatic heterocycles. The monoisotopic (exact) mass is 1180 g/mol. The van der Waals surface area contributed by atoms with E-state index in [4.69, 9.17) is 18.9 Å². The van der Waals surface area contributed by atoms with Gasteiger partial charge in [-0.3, -0.25) is 33.6 Å². The highest BCUT2D eigenvalue weighted by atomic mass is 16.6. The molecule has 4 saturated carbocycles. The first-order valence-electron chi connectivity index (χ1n) is 30.7. The van der Waals surface area contributed by atoms with E-state index in [9.17, 15) is 33.6 Å². The molecule has 6 aliphatic rings. The van der Waals surface area contributed by atoms with Gasteiger partial charge in [-0.1, -0.05) is 135 Å². The molecule has 5 aromatic carbocycles. The summed E-state index contributed by atoms with van der Waals surface area (Å²) in [5.74, 6) is -6.52. The van der Waals surface area contributed by atoms with E-state index < -0.39 is 54.0 Å². The van der Waals surface area contributed by atoms with Gasteiger partial charge in [-0.2, -0.15) is 0 Å². The van der Waals surface area contributed by atoms with Crippen molar-refractivity contribution in [1.29, 1.82) is 0 Å². The summed E-state index contributed by atoms with van der Waals surface area (Å²) < 4.78 is 21.6. The Morgan fingerprint density at radius 2 is 0.805 bits per heavy atom. The second-order valence-electron chi connectivity index (χ2n) is 23.9. The van der Waals surface area contributed by atoms with Gasteiger partial charge in [0.1, 0.15) is 13.2 Å². The number of nitrogens with zero attached hydrogens (tertiary/aromatic N) is 2. The highest BCUT2D eigenvalue weighted by molar-refractivity contribution is 6.07. The van der Waals surface area contributed by atoms with Gasteiger partial charge in [0.15, 0.2) is 0 Å². The molecule has 0 spiro atoms. The van der Waals surface area contributed by atoms with Crippen LogP contribution < -0.4 is 26.6 Å². The fraction of sp³-hybridized carbons (Fsp3) is 0.441. The van der Waals surface area contributed by atoms with E-state index in [1.54, 1.807) is 0 Å². The van der Waals surface area contributed by atoms with Crippen molar-refractivity contribution in [2.75, 3.05) is 77.7 Å². The zero-order chi connectivity index (χ0) is 60.4. The van der Waals surface area contributed by atoms with Gasteiger partial charge in [0, 0.05) is 79.6 Å². The average molecular weight is 1180 g/mol. The lowest BCUT2D eigenvalue weighted by atomic mass is 9.94. The summed E-state index contributed by atoms with van der Waals surface area (Å²) in [6, 6.07) is 43.5. The van der Waals surface area contributed by atoms with Crippen LogP contribution in [0.25, 0.3) is 0 Å². The van der Waals surface area contributed by atoms with E-state index in [1.165, 1.54) is 28.0 Å². The van der Waals surface area contributed by atoms with Crippen molar-refractivity contribution in [3.05, 3.63) is 173 Å². The zero-order valence-electron chi connectivity index (χ0n) is 49.0. The molecule has 0 bridgehead atoms. The fourth-order valence-corrected chi connectivity index (χ4v) is 12.4. The molecule has 5 aromatic rings. The number of hydrogen-bond acceptors (Lipinski definition) is 12. The lowest BCUT2D eigenvalue weighted by Gasteiger charge is -2.21. The first-order chi connectivity index (χ1) is 42.4. The topological polar surface area (TPSA) is 240 Å². The number of ether oxygens (including phenoxy) is 4. The van der Waals surface area contributed by atoms with E-state index in [-0.39, 0.29) is 147 Å². The van der Waals surface area contributed by atoms with Crippen LogP contribution in [0.5, 0.6) is 0 Å². The van der Waals surface area contributed by atoms with Crippen molar-refractivity contribution in [3.8, 4) is 0 Å². The van der Waals surface area contributed by atoms with Crippen molar-refractivity contribution < 1.29 is 57.3 Å². The molecule has 12 atom stereocenters. The van der Waals surface area contributed by atoms with Gasteiger partial charge in [0.25, 0.3) is 11.8 Å². The van der Waals surface area contributed by atoms with Crippen LogP contribution in [0, 0.1) is 23.7 Å². The number of hydrogen-bond donors (Lipinski definition) is 5. The lowest BCUT2D eigenvalue weighted by molar-refractivity contribution is -0.149. The third-order valence-electron chi connectivity index (χ3n) is 17.7. The Morgan fingerprint density at radius 1 is 0.437 bits per heavy atom. The van der Waals surface area contributed by atoms with E-state index in [0.717, 1.165) is 60.8 Å². The summed E-state index contributed by atoms with van der Waals surface area (Å²) in [6.45, 7) is 1.78. The number of carbonyl (C=O) groups is 8. The summed E-state index contributed by atoms with van der Waals surface area (Å²) in [5.41, 5.74) is 4.49. The molecule has 456 valence electrons. The molecule has 6 fully saturated rings. The van der Waals surface area contributed by atoms with Crippen LogP contribution in [-0.2, 0) is 47.7 Å². The molecule has 0 aromatic heterocycles. The third-order valence-corrected chi connectivity index (χ3v) is 17.7. The lowest BCUT2D eigenvalue weighted by Crippen LogP contribution is -2.43. The fourth-order valence-electron chi connectivity index (χ4n) is 12.4. The molecule has 19 heteroatoms. The van der Waals surface area contributed by atoms with Crippen LogP contribution in [0.3, 0.4) is 0 Å². The standard InChI is InChI=1S/C68H77N7O12/c1-2-3-26-87-62(77)41-86-30-28-84-27-29-85-40-61(76)69-56-31-46(67(82)74-36-52(63(78)70-57-32-48(57)42-16-8-4-9-17-42)53(37-74)64(79)71-58-33-49(58)43-18-10-5-11-19-43)24-25-47(56)68(83)75-38-54(65(80)72-59-34-50(59)44-20-12-6-13-21-44)55(39-75)66(81)73-60-35-51(60)45-22-14-7-15-23-45/h4-25,31,48-55,57-60H,2-3,26-30,32-41H2,1H3,(H,69,76)(H,70,78)(H,71,79)(H,72,80)(H,73,81)/t48-,49-,50-,51-,52-,53-,54-,55-,57+,58+,59+,60+/m1/s1. The molecule has 5 N–H and O–H groups in total. The average Bonchev–Trinajstić information content (AvgIpc) is 2.01. The Bertz CT molecular complexity index is 3110. The highest BCUT2D eigenvalue weighted by Crippen LogP contribution is 2.45. The van der Waals surface area contributed by atoms with Crippen molar-refractivity contribution in [3.63, 3.8) is 0 Å².